The SMILES string of the molecule is C#Cc1cccc(N(C=O)C(=O)c2cc(Oc3ccc(C(C)(C)c4ccc(Oc5ccc6c(c5)C(=O)N(c5cccc(C#C)c5)C6=O)cc4)cc3)ccc2C)c1. The monoisotopic (exact) mass is 734 g/mol. The predicted octanol–water partition coefficient (Wildman–Crippen LogP) is 9.47. The molecule has 0 atom stereocenters. The highest BCUT2D eigenvalue weighted by atomic mass is 16.5. The van der Waals surface area contributed by atoms with Gasteiger partial charge >= 0.3 is 0 Å². The number of anilines is 2. The fraction of sp³-hybridized carbons (Fsp3) is 0.0833. The Bertz CT molecular complexity index is 2630. The molecule has 0 aromatic heterocycles. The maximum absolute atomic E-state index is 13.5. The lowest BCUT2D eigenvalue weighted by Crippen LogP contribution is -2.30. The van der Waals surface area contributed by atoms with E-state index in [2.05, 4.69) is 25.7 Å². The van der Waals surface area contributed by atoms with Crippen molar-refractivity contribution < 1.29 is 28.7 Å². The van der Waals surface area contributed by atoms with Crippen LogP contribution in [0.4, 0.5) is 11.4 Å². The Morgan fingerprint density at radius 1 is 0.661 bits per heavy atom. The Balaban J connectivity index is 1.02. The summed E-state index contributed by atoms with van der Waals surface area (Å²) in [5.74, 6) is 5.70. The molecule has 1 aliphatic heterocycles. The number of hydrogen-bond donors (Lipinski definition) is 0. The molecular formula is C48H34N2O6. The fourth-order valence-electron chi connectivity index (χ4n) is 6.57. The molecule has 6 aromatic carbocycles. The normalized spacial score (nSPS) is 12.0. The van der Waals surface area contributed by atoms with Gasteiger partial charge in [-0.25, -0.2) is 9.80 Å². The van der Waals surface area contributed by atoms with Gasteiger partial charge in [-0.1, -0.05) is 68.2 Å². The van der Waals surface area contributed by atoms with Crippen LogP contribution in [-0.2, 0) is 10.2 Å². The second-order valence-corrected chi connectivity index (χ2v) is 13.7. The molecule has 0 fully saturated rings. The lowest BCUT2D eigenvalue weighted by Gasteiger charge is -2.26. The molecule has 8 heteroatoms. The average Bonchev–Trinajstić information content (AvgIpc) is 3.47. The molecule has 1 aliphatic rings. The number of ether oxygens (including phenoxy) is 2. The number of aryl methyl sites for hydroxylation is 1. The molecule has 6 aromatic rings. The van der Waals surface area contributed by atoms with Crippen molar-refractivity contribution in [1.29, 1.82) is 0 Å². The summed E-state index contributed by atoms with van der Waals surface area (Å²) in [6.45, 7) is 6.02. The third-order valence-electron chi connectivity index (χ3n) is 9.81. The topological polar surface area (TPSA) is 93.2 Å². The zero-order chi connectivity index (χ0) is 39.6. The van der Waals surface area contributed by atoms with Crippen molar-refractivity contribution in [1.82, 2.24) is 0 Å². The highest BCUT2D eigenvalue weighted by molar-refractivity contribution is 6.34. The minimum absolute atomic E-state index is 0.257. The highest BCUT2D eigenvalue weighted by Crippen LogP contribution is 2.36. The van der Waals surface area contributed by atoms with Gasteiger partial charge in [-0.2, -0.15) is 0 Å². The first kappa shape index (κ1) is 36.7. The second-order valence-electron chi connectivity index (χ2n) is 13.7. The summed E-state index contributed by atoms with van der Waals surface area (Å²) in [6.07, 6.45) is 11.5. The van der Waals surface area contributed by atoms with Crippen LogP contribution in [0.3, 0.4) is 0 Å². The molecule has 0 aliphatic carbocycles. The molecule has 0 unspecified atom stereocenters. The van der Waals surface area contributed by atoms with E-state index >= 15 is 0 Å². The number of carbonyl (C=O) groups excluding carboxylic acids is 4. The largest absolute Gasteiger partial charge is 0.457 e. The summed E-state index contributed by atoms with van der Waals surface area (Å²) in [4.78, 5) is 54.1. The standard InChI is InChI=1S/C48H34N2O6/c1-6-32-10-8-12-36(26-32)49(30-51)45(52)43-28-40(19-14-31(43)3)55-38-20-15-34(16-21-38)48(4,5)35-17-22-39(23-18-35)56-41-24-25-42-44(29-41)47(54)50(46(42)53)37-13-9-11-33(7-2)27-37/h1-2,8-30H,3-5H3. The van der Waals surface area contributed by atoms with E-state index in [4.69, 9.17) is 22.3 Å². The second kappa shape index (κ2) is 15.0. The van der Waals surface area contributed by atoms with Crippen LogP contribution in [0.1, 0.15) is 72.7 Å². The maximum atomic E-state index is 13.5. The lowest BCUT2D eigenvalue weighted by molar-refractivity contribution is -0.106. The van der Waals surface area contributed by atoms with Crippen molar-refractivity contribution in [3.63, 3.8) is 0 Å². The van der Waals surface area contributed by atoms with Crippen LogP contribution >= 0.6 is 0 Å². The molecule has 272 valence electrons. The molecule has 0 spiro atoms. The van der Waals surface area contributed by atoms with E-state index in [-0.39, 0.29) is 5.56 Å². The number of imide groups is 2. The number of amides is 4. The minimum atomic E-state index is -0.500. The minimum Gasteiger partial charge on any atom is -0.457 e. The molecule has 0 saturated carbocycles. The first-order valence-electron chi connectivity index (χ1n) is 17.6. The Labute approximate surface area is 324 Å². The Morgan fingerprint density at radius 3 is 1.80 bits per heavy atom. The molecule has 4 amide bonds. The van der Waals surface area contributed by atoms with Crippen LogP contribution in [-0.4, -0.2) is 24.1 Å². The summed E-state index contributed by atoms with van der Waals surface area (Å²) in [5, 5.41) is 0. The zero-order valence-corrected chi connectivity index (χ0v) is 30.8. The van der Waals surface area contributed by atoms with Gasteiger partial charge in [0.1, 0.15) is 23.0 Å². The van der Waals surface area contributed by atoms with Crippen molar-refractivity contribution in [3.05, 3.63) is 178 Å². The van der Waals surface area contributed by atoms with Gasteiger partial charge < -0.3 is 9.47 Å². The van der Waals surface area contributed by atoms with Gasteiger partial charge in [0.15, 0.2) is 0 Å². The number of benzene rings is 6. The van der Waals surface area contributed by atoms with Crippen LogP contribution in [0, 0.1) is 31.6 Å². The van der Waals surface area contributed by atoms with Gasteiger partial charge in [-0.05, 0) is 115 Å². The Kier molecular flexibility index (Phi) is 9.81. The maximum Gasteiger partial charge on any atom is 0.266 e. The average molecular weight is 735 g/mol. The van der Waals surface area contributed by atoms with Gasteiger partial charge in [0.2, 0.25) is 6.41 Å². The highest BCUT2D eigenvalue weighted by Gasteiger charge is 2.37. The smallest absolute Gasteiger partial charge is 0.266 e. The quantitative estimate of drug-likeness (QED) is 0.0791. The molecule has 0 radical (unpaired) electrons. The van der Waals surface area contributed by atoms with E-state index in [9.17, 15) is 19.2 Å². The number of nitrogens with zero attached hydrogens (tertiary/aromatic N) is 2. The third kappa shape index (κ3) is 7.03. The zero-order valence-electron chi connectivity index (χ0n) is 30.8. The van der Waals surface area contributed by atoms with E-state index < -0.39 is 23.1 Å². The van der Waals surface area contributed by atoms with Crippen molar-refractivity contribution in [2.24, 2.45) is 0 Å². The van der Waals surface area contributed by atoms with Gasteiger partial charge in [0, 0.05) is 22.1 Å². The van der Waals surface area contributed by atoms with Crippen LogP contribution < -0.4 is 19.3 Å². The number of hydrogen-bond acceptors (Lipinski definition) is 6. The molecule has 0 saturated heterocycles. The first-order valence-corrected chi connectivity index (χ1v) is 17.6. The van der Waals surface area contributed by atoms with Crippen LogP contribution in [0.2, 0.25) is 0 Å². The molecule has 56 heavy (non-hydrogen) atoms. The molecule has 1 heterocycles. The van der Waals surface area contributed by atoms with Gasteiger partial charge in [-0.3, -0.25) is 19.2 Å². The molecular weight excluding hydrogens is 701 g/mol. The summed E-state index contributed by atoms with van der Waals surface area (Å²) in [7, 11) is 0. The Hall–Kier alpha value is -7.68. The molecule has 8 nitrogen and oxygen atoms in total. The van der Waals surface area contributed by atoms with E-state index in [1.54, 1.807) is 91.9 Å². The number of carbonyl (C=O) groups is 4. The lowest BCUT2D eigenvalue weighted by atomic mass is 9.78. The van der Waals surface area contributed by atoms with Gasteiger partial charge in [0.25, 0.3) is 17.7 Å². The third-order valence-corrected chi connectivity index (χ3v) is 9.81. The van der Waals surface area contributed by atoms with E-state index in [0.29, 0.717) is 68.6 Å². The van der Waals surface area contributed by atoms with E-state index in [1.165, 1.54) is 0 Å². The van der Waals surface area contributed by atoms with Crippen LogP contribution in [0.25, 0.3) is 0 Å². The first-order chi connectivity index (χ1) is 27.0. The number of fused-ring (bicyclic) bond motifs is 1. The summed E-state index contributed by atoms with van der Waals surface area (Å²) < 4.78 is 12.3. The van der Waals surface area contributed by atoms with Crippen molar-refractivity contribution in [3.8, 4) is 47.7 Å². The number of terminal acetylenes is 2. The summed E-state index contributed by atoms with van der Waals surface area (Å²) in [5.41, 5.74) is 5.14. The summed E-state index contributed by atoms with van der Waals surface area (Å²) in [6, 6.07) is 38.8. The van der Waals surface area contributed by atoms with E-state index in [0.717, 1.165) is 20.9 Å². The van der Waals surface area contributed by atoms with Gasteiger partial charge in [-0.15, -0.1) is 12.8 Å². The van der Waals surface area contributed by atoms with Crippen LogP contribution in [0.5, 0.6) is 23.0 Å². The molecule has 0 N–H and O–H groups in total. The van der Waals surface area contributed by atoms with Crippen molar-refractivity contribution >= 4 is 35.5 Å². The fourth-order valence-corrected chi connectivity index (χ4v) is 6.57. The Morgan fingerprint density at radius 2 is 1.20 bits per heavy atom. The molecule has 7 rings (SSSR count). The van der Waals surface area contributed by atoms with Gasteiger partial charge in [0.05, 0.1) is 22.5 Å². The van der Waals surface area contributed by atoms with Crippen molar-refractivity contribution in [2.75, 3.05) is 9.80 Å². The summed E-state index contributed by atoms with van der Waals surface area (Å²) >= 11 is 0. The predicted molar refractivity (Wildman–Crippen MR) is 216 cm³/mol. The van der Waals surface area contributed by atoms with Crippen LogP contribution in [0.15, 0.2) is 133 Å². The van der Waals surface area contributed by atoms with E-state index in [1.807, 2.05) is 48.5 Å². The number of rotatable bonds is 10. The molecule has 0 bridgehead atoms. The van der Waals surface area contributed by atoms with Crippen molar-refractivity contribution in [2.45, 2.75) is 26.2 Å².